The summed E-state index contributed by atoms with van der Waals surface area (Å²) in [6, 6.07) is 5.28. The third-order valence-electron chi connectivity index (χ3n) is 3.28. The third kappa shape index (κ3) is 2.81. The lowest BCUT2D eigenvalue weighted by Crippen LogP contribution is -2.27. The van der Waals surface area contributed by atoms with Gasteiger partial charge in [-0.2, -0.15) is 0 Å². The van der Waals surface area contributed by atoms with Gasteiger partial charge >= 0.3 is 5.97 Å². The highest BCUT2D eigenvalue weighted by molar-refractivity contribution is 9.10. The first-order chi connectivity index (χ1) is 11.4. The quantitative estimate of drug-likeness (QED) is 0.620. The number of benzene rings is 1. The van der Waals surface area contributed by atoms with Crippen LogP contribution in [0.1, 0.15) is 0 Å². The number of carboxylic acid groups (broad SMARTS) is 1. The van der Waals surface area contributed by atoms with Gasteiger partial charge in [0.1, 0.15) is 29.3 Å². The number of hydrogen-bond acceptors (Lipinski definition) is 6. The molecule has 122 valence electrons. The van der Waals surface area contributed by atoms with Gasteiger partial charge in [-0.1, -0.05) is 0 Å². The average molecular weight is 392 g/mol. The SMILES string of the molecule is O=C(O)Cn1c(=O)c(-c2ccc(O)cc2O)nc2cc(Br)cnc21. The molecule has 0 spiro atoms. The molecule has 0 radical (unpaired) electrons. The number of aromatic hydroxyl groups is 2. The van der Waals surface area contributed by atoms with Crippen molar-refractivity contribution in [3.8, 4) is 22.8 Å². The Bertz CT molecular complexity index is 1030. The molecule has 1 aromatic carbocycles. The van der Waals surface area contributed by atoms with Gasteiger partial charge in [0, 0.05) is 22.3 Å². The van der Waals surface area contributed by atoms with E-state index in [0.717, 1.165) is 10.6 Å². The topological polar surface area (TPSA) is 126 Å². The van der Waals surface area contributed by atoms with E-state index in [1.165, 1.54) is 18.3 Å². The van der Waals surface area contributed by atoms with Gasteiger partial charge in [0.15, 0.2) is 5.65 Å². The zero-order valence-electron chi connectivity index (χ0n) is 12.0. The van der Waals surface area contributed by atoms with E-state index in [9.17, 15) is 19.8 Å². The minimum absolute atomic E-state index is 0.0822. The van der Waals surface area contributed by atoms with E-state index >= 15 is 0 Å². The number of rotatable bonds is 3. The number of carbonyl (C=O) groups is 1. The van der Waals surface area contributed by atoms with Crippen molar-refractivity contribution in [1.29, 1.82) is 0 Å². The van der Waals surface area contributed by atoms with Crippen LogP contribution in [0.5, 0.6) is 11.5 Å². The van der Waals surface area contributed by atoms with Crippen LogP contribution in [-0.4, -0.2) is 35.8 Å². The first kappa shape index (κ1) is 15.9. The molecule has 2 heterocycles. The summed E-state index contributed by atoms with van der Waals surface area (Å²) in [5, 5.41) is 28.4. The Labute approximate surface area is 142 Å². The number of aromatic nitrogens is 3. The summed E-state index contributed by atoms with van der Waals surface area (Å²) in [6.07, 6.45) is 1.43. The molecule has 0 aliphatic carbocycles. The van der Waals surface area contributed by atoms with Gasteiger partial charge in [0.25, 0.3) is 5.56 Å². The van der Waals surface area contributed by atoms with Crippen LogP contribution >= 0.6 is 15.9 Å². The fourth-order valence-electron chi connectivity index (χ4n) is 2.28. The number of phenols is 2. The Morgan fingerprint density at radius 1 is 1.25 bits per heavy atom. The fraction of sp³-hybridized carbons (Fsp3) is 0.0667. The predicted octanol–water partition coefficient (Wildman–Crippen LogP) is 1.72. The van der Waals surface area contributed by atoms with Gasteiger partial charge < -0.3 is 15.3 Å². The van der Waals surface area contributed by atoms with Gasteiger partial charge in [-0.15, -0.1) is 0 Å². The molecule has 9 heteroatoms. The Morgan fingerprint density at radius 3 is 2.67 bits per heavy atom. The van der Waals surface area contributed by atoms with E-state index in [4.69, 9.17) is 5.11 Å². The molecule has 8 nitrogen and oxygen atoms in total. The number of fused-ring (bicyclic) bond motifs is 1. The van der Waals surface area contributed by atoms with Crippen molar-refractivity contribution in [2.75, 3.05) is 0 Å². The summed E-state index contributed by atoms with van der Waals surface area (Å²) < 4.78 is 1.57. The maximum atomic E-state index is 12.7. The van der Waals surface area contributed by atoms with Crippen molar-refractivity contribution >= 4 is 33.1 Å². The molecule has 3 N–H and O–H groups in total. The van der Waals surface area contributed by atoms with Crippen molar-refractivity contribution in [2.45, 2.75) is 6.54 Å². The van der Waals surface area contributed by atoms with Crippen molar-refractivity contribution in [3.05, 3.63) is 45.3 Å². The number of nitrogens with zero attached hydrogens (tertiary/aromatic N) is 3. The Balaban J connectivity index is 2.38. The molecule has 0 fully saturated rings. The zero-order valence-corrected chi connectivity index (χ0v) is 13.6. The normalized spacial score (nSPS) is 10.9. The van der Waals surface area contributed by atoms with Crippen molar-refractivity contribution in [3.63, 3.8) is 0 Å². The molecule has 0 aliphatic heterocycles. The van der Waals surface area contributed by atoms with Gasteiger partial charge in [-0.25, -0.2) is 9.97 Å². The van der Waals surface area contributed by atoms with Crippen LogP contribution in [0.3, 0.4) is 0 Å². The van der Waals surface area contributed by atoms with Gasteiger partial charge in [-0.3, -0.25) is 14.2 Å². The van der Waals surface area contributed by atoms with E-state index in [0.29, 0.717) is 4.47 Å². The van der Waals surface area contributed by atoms with Crippen LogP contribution in [-0.2, 0) is 11.3 Å². The van der Waals surface area contributed by atoms with Gasteiger partial charge in [0.2, 0.25) is 0 Å². The third-order valence-corrected chi connectivity index (χ3v) is 3.71. The molecule has 0 aliphatic rings. The lowest BCUT2D eigenvalue weighted by atomic mass is 10.1. The van der Waals surface area contributed by atoms with Gasteiger partial charge in [-0.05, 0) is 34.1 Å². The second-order valence-electron chi connectivity index (χ2n) is 4.94. The van der Waals surface area contributed by atoms with E-state index in [1.807, 2.05) is 0 Å². The summed E-state index contributed by atoms with van der Waals surface area (Å²) in [6.45, 7) is -0.599. The van der Waals surface area contributed by atoms with Crippen LogP contribution < -0.4 is 5.56 Å². The highest BCUT2D eigenvalue weighted by Gasteiger charge is 2.18. The molecule has 0 unspecified atom stereocenters. The fourth-order valence-corrected chi connectivity index (χ4v) is 2.60. The molecule has 0 atom stereocenters. The average Bonchev–Trinajstić information content (AvgIpc) is 2.50. The number of hydrogen-bond donors (Lipinski definition) is 3. The Hall–Kier alpha value is -2.94. The standard InChI is InChI=1S/C15H10BrN3O5/c16-7-3-10-14(17-5-7)19(6-12(22)23)15(24)13(18-10)9-2-1-8(20)4-11(9)21/h1-5,20-21H,6H2,(H,22,23). The number of carboxylic acids is 1. The number of halogens is 1. The molecule has 0 saturated carbocycles. The molecule has 3 rings (SSSR count). The first-order valence-corrected chi connectivity index (χ1v) is 7.46. The minimum Gasteiger partial charge on any atom is -0.508 e. The van der Waals surface area contributed by atoms with E-state index in [-0.39, 0.29) is 33.9 Å². The predicted molar refractivity (Wildman–Crippen MR) is 87.9 cm³/mol. The monoisotopic (exact) mass is 391 g/mol. The first-order valence-electron chi connectivity index (χ1n) is 6.67. The zero-order chi connectivity index (χ0) is 17.4. The summed E-state index contributed by atoms with van der Waals surface area (Å²) in [4.78, 5) is 32.0. The molecular formula is C15H10BrN3O5. The van der Waals surface area contributed by atoms with E-state index < -0.39 is 18.1 Å². The van der Waals surface area contributed by atoms with Gasteiger partial charge in [0.05, 0.1) is 0 Å². The number of phenolic OH excluding ortho intramolecular Hbond substituents is 2. The smallest absolute Gasteiger partial charge is 0.323 e. The lowest BCUT2D eigenvalue weighted by molar-refractivity contribution is -0.137. The van der Waals surface area contributed by atoms with Crippen molar-refractivity contribution < 1.29 is 20.1 Å². The summed E-state index contributed by atoms with van der Waals surface area (Å²) in [7, 11) is 0. The van der Waals surface area contributed by atoms with E-state index in [1.54, 1.807) is 6.07 Å². The molecule has 24 heavy (non-hydrogen) atoms. The van der Waals surface area contributed by atoms with Crippen LogP contribution in [0, 0.1) is 0 Å². The van der Waals surface area contributed by atoms with Crippen LogP contribution in [0.25, 0.3) is 22.4 Å². The molecule has 0 bridgehead atoms. The number of aliphatic carboxylic acids is 1. The lowest BCUT2D eigenvalue weighted by Gasteiger charge is -2.11. The summed E-state index contributed by atoms with van der Waals surface area (Å²) in [5.74, 6) is -1.73. The second kappa shape index (κ2) is 5.93. The van der Waals surface area contributed by atoms with E-state index in [2.05, 4.69) is 25.9 Å². The molecule has 0 saturated heterocycles. The molecule has 3 aromatic rings. The highest BCUT2D eigenvalue weighted by atomic mass is 79.9. The maximum Gasteiger partial charge on any atom is 0.323 e. The largest absolute Gasteiger partial charge is 0.508 e. The van der Waals surface area contributed by atoms with Crippen LogP contribution in [0.4, 0.5) is 0 Å². The van der Waals surface area contributed by atoms with Crippen LogP contribution in [0.2, 0.25) is 0 Å². The highest BCUT2D eigenvalue weighted by Crippen LogP contribution is 2.30. The molecule has 0 amide bonds. The second-order valence-corrected chi connectivity index (χ2v) is 5.86. The van der Waals surface area contributed by atoms with Crippen molar-refractivity contribution in [2.24, 2.45) is 0 Å². The molecular weight excluding hydrogens is 382 g/mol. The minimum atomic E-state index is -1.21. The summed E-state index contributed by atoms with van der Waals surface area (Å²) >= 11 is 3.24. The maximum absolute atomic E-state index is 12.7. The molecule has 2 aromatic heterocycles. The summed E-state index contributed by atoms with van der Waals surface area (Å²) in [5.41, 5.74) is -0.360. The Kier molecular flexibility index (Phi) is 3.94. The van der Waals surface area contributed by atoms with Crippen molar-refractivity contribution in [1.82, 2.24) is 14.5 Å². The Morgan fingerprint density at radius 2 is 2.00 bits per heavy atom. The van der Waals surface area contributed by atoms with Crippen LogP contribution in [0.15, 0.2) is 39.7 Å². The number of pyridine rings is 1.